The summed E-state index contributed by atoms with van der Waals surface area (Å²) in [6.45, 7) is 8.92. The number of nitrogens with one attached hydrogen (secondary N) is 3. The normalized spacial score (nSPS) is 20.8. The predicted molar refractivity (Wildman–Crippen MR) is 178 cm³/mol. The van der Waals surface area contributed by atoms with Gasteiger partial charge in [-0.2, -0.15) is 5.26 Å². The molecule has 3 aromatic rings. The van der Waals surface area contributed by atoms with Crippen LogP contribution in [0.1, 0.15) is 61.5 Å². The van der Waals surface area contributed by atoms with E-state index in [1.165, 1.54) is 55.6 Å². The molecular weight excluding hydrogens is 649 g/mol. The summed E-state index contributed by atoms with van der Waals surface area (Å²) in [4.78, 5) is 26.9. The highest BCUT2D eigenvalue weighted by Gasteiger charge is 2.61. The quantitative estimate of drug-likeness (QED) is 0.187. The van der Waals surface area contributed by atoms with Crippen LogP contribution in [0.15, 0.2) is 54.6 Å². The number of methoxy groups -OCH3 is 1. The Morgan fingerprint density at radius 2 is 1.85 bits per heavy atom. The van der Waals surface area contributed by atoms with Crippen LogP contribution >= 0.6 is 23.2 Å². The van der Waals surface area contributed by atoms with Crippen LogP contribution in [0.4, 0.5) is 14.5 Å². The summed E-state index contributed by atoms with van der Waals surface area (Å²) >= 11 is 12.3. The summed E-state index contributed by atoms with van der Waals surface area (Å²) in [7, 11) is 1.39. The van der Waals surface area contributed by atoms with Crippen molar-refractivity contribution in [2.75, 3.05) is 32.2 Å². The number of nitriles is 1. The first-order chi connectivity index (χ1) is 22.3. The first kappa shape index (κ1) is 36.1. The fourth-order valence-corrected chi connectivity index (χ4v) is 6.53. The number of carbonyl (C=O) groups is 2. The van der Waals surface area contributed by atoms with Gasteiger partial charge in [0.25, 0.3) is 5.91 Å². The van der Waals surface area contributed by atoms with E-state index in [0.29, 0.717) is 31.7 Å². The molecule has 1 heterocycles. The zero-order chi connectivity index (χ0) is 34.5. The maximum atomic E-state index is 15.9. The summed E-state index contributed by atoms with van der Waals surface area (Å²) in [5.41, 5.74) is -1.70. The Balaban J connectivity index is 1.81. The Kier molecular flexibility index (Phi) is 11.5. The third-order valence-electron chi connectivity index (χ3n) is 8.19. The minimum atomic E-state index is -1.77. The summed E-state index contributed by atoms with van der Waals surface area (Å²) in [5, 5.41) is 19.8. The molecule has 0 radical (unpaired) electrons. The third kappa shape index (κ3) is 7.71. The number of nitrogens with zero attached hydrogens (tertiary/aromatic N) is 1. The lowest BCUT2D eigenvalue weighted by molar-refractivity contribution is -0.118. The molecule has 1 aliphatic heterocycles. The van der Waals surface area contributed by atoms with Crippen molar-refractivity contribution in [3.8, 4) is 11.8 Å². The van der Waals surface area contributed by atoms with E-state index in [1.807, 2.05) is 27.7 Å². The average molecular weight is 688 g/mol. The van der Waals surface area contributed by atoms with Crippen molar-refractivity contribution in [1.29, 1.82) is 5.26 Å². The third-order valence-corrected chi connectivity index (χ3v) is 8.72. The Morgan fingerprint density at radius 1 is 1.11 bits per heavy atom. The largest absolute Gasteiger partial charge is 0.495 e. The molecule has 0 aliphatic carbocycles. The fraction of sp³-hybridized carbons (Fsp3) is 0.400. The van der Waals surface area contributed by atoms with Crippen LogP contribution in [0.25, 0.3) is 0 Å². The van der Waals surface area contributed by atoms with Crippen LogP contribution in [0.3, 0.4) is 0 Å². The molecule has 4 atom stereocenters. The molecule has 250 valence electrons. The number of hydrogen-bond acceptors (Lipinski definition) is 6. The number of benzene rings is 3. The van der Waals surface area contributed by atoms with Gasteiger partial charge in [0.05, 0.1) is 36.5 Å². The summed E-state index contributed by atoms with van der Waals surface area (Å²) in [6.07, 6.45) is 0.321. The van der Waals surface area contributed by atoms with E-state index in [2.05, 4.69) is 22.0 Å². The molecule has 1 fully saturated rings. The highest BCUT2D eigenvalue weighted by molar-refractivity contribution is 6.31. The maximum Gasteiger partial charge on any atom is 0.251 e. The Morgan fingerprint density at radius 3 is 2.49 bits per heavy atom. The van der Waals surface area contributed by atoms with Crippen molar-refractivity contribution in [1.82, 2.24) is 10.6 Å². The van der Waals surface area contributed by atoms with Crippen LogP contribution in [0.5, 0.6) is 5.75 Å². The van der Waals surface area contributed by atoms with Crippen LogP contribution in [0.2, 0.25) is 10.0 Å². The highest BCUT2D eigenvalue weighted by atomic mass is 35.5. The molecule has 0 unspecified atom stereocenters. The van der Waals surface area contributed by atoms with Gasteiger partial charge >= 0.3 is 0 Å². The number of anilines is 1. The molecule has 0 bridgehead atoms. The van der Waals surface area contributed by atoms with E-state index >= 15 is 8.78 Å². The van der Waals surface area contributed by atoms with E-state index < -0.39 is 46.4 Å². The smallest absolute Gasteiger partial charge is 0.251 e. The van der Waals surface area contributed by atoms with Gasteiger partial charge in [0.2, 0.25) is 5.91 Å². The van der Waals surface area contributed by atoms with E-state index in [9.17, 15) is 14.9 Å². The van der Waals surface area contributed by atoms with Gasteiger partial charge in [0.15, 0.2) is 0 Å². The van der Waals surface area contributed by atoms with Crippen LogP contribution < -0.4 is 20.7 Å². The lowest BCUT2D eigenvalue weighted by Gasteiger charge is -2.37. The van der Waals surface area contributed by atoms with Gasteiger partial charge in [-0.25, -0.2) is 8.78 Å². The number of ether oxygens (including phenoxy) is 2. The number of carbonyl (C=O) groups excluding carboxylic acids is 2. The number of rotatable bonds is 11. The van der Waals surface area contributed by atoms with Gasteiger partial charge in [0, 0.05) is 41.3 Å². The van der Waals surface area contributed by atoms with E-state index in [0.717, 1.165) is 6.07 Å². The zero-order valence-corrected chi connectivity index (χ0v) is 28.4. The minimum absolute atomic E-state index is 0.0245. The van der Waals surface area contributed by atoms with Gasteiger partial charge in [-0.15, -0.1) is 0 Å². The summed E-state index contributed by atoms with van der Waals surface area (Å²) in [6, 6.07) is 13.1. The second kappa shape index (κ2) is 15.0. The van der Waals surface area contributed by atoms with E-state index in [1.54, 1.807) is 0 Å². The maximum absolute atomic E-state index is 15.9. The molecule has 4 rings (SSSR count). The van der Waals surface area contributed by atoms with Gasteiger partial charge in [-0.05, 0) is 60.7 Å². The van der Waals surface area contributed by atoms with E-state index in [4.69, 9.17) is 32.7 Å². The summed E-state index contributed by atoms with van der Waals surface area (Å²) < 4.78 is 42.6. The van der Waals surface area contributed by atoms with Crippen LogP contribution in [-0.2, 0) is 14.9 Å². The van der Waals surface area contributed by atoms with Crippen molar-refractivity contribution in [2.24, 2.45) is 5.41 Å². The molecule has 1 aliphatic rings. The first-order valence-electron chi connectivity index (χ1n) is 15.2. The van der Waals surface area contributed by atoms with Gasteiger partial charge in [-0.3, -0.25) is 9.59 Å². The topological polar surface area (TPSA) is 112 Å². The zero-order valence-electron chi connectivity index (χ0n) is 26.8. The average Bonchev–Trinajstić information content (AvgIpc) is 3.33. The molecular formula is C35H38Cl2F2N4O4. The van der Waals surface area contributed by atoms with Crippen molar-refractivity contribution in [2.45, 2.75) is 57.5 Å². The molecule has 12 heteroatoms. The molecule has 47 heavy (non-hydrogen) atoms. The minimum Gasteiger partial charge on any atom is -0.495 e. The number of hydrogen-bond donors (Lipinski definition) is 3. The van der Waals surface area contributed by atoms with Crippen LogP contribution in [-0.4, -0.2) is 50.8 Å². The molecule has 8 nitrogen and oxygen atoms in total. The lowest BCUT2D eigenvalue weighted by atomic mass is 9.62. The monoisotopic (exact) mass is 686 g/mol. The molecule has 0 spiro atoms. The van der Waals surface area contributed by atoms with Gasteiger partial charge in [0.1, 0.15) is 22.8 Å². The summed E-state index contributed by atoms with van der Waals surface area (Å²) in [5.74, 6) is -3.61. The van der Waals surface area contributed by atoms with E-state index in [-0.39, 0.29) is 38.5 Å². The van der Waals surface area contributed by atoms with Gasteiger partial charge in [-0.1, -0.05) is 62.2 Å². The molecule has 3 N–H and O–H groups in total. The van der Waals surface area contributed by atoms with Crippen molar-refractivity contribution < 1.29 is 27.8 Å². The fourth-order valence-electron chi connectivity index (χ4n) is 6.19. The molecule has 1 saturated heterocycles. The van der Waals surface area contributed by atoms with Crippen molar-refractivity contribution in [3.05, 3.63) is 93.0 Å². The second-order valence-corrected chi connectivity index (χ2v) is 13.4. The Hall–Kier alpha value is -3.75. The molecule has 3 aromatic carbocycles. The Labute approximate surface area is 283 Å². The van der Waals surface area contributed by atoms with Crippen LogP contribution in [0, 0.1) is 28.4 Å². The molecule has 0 aromatic heterocycles. The molecule has 2 amide bonds. The van der Waals surface area contributed by atoms with Gasteiger partial charge < -0.3 is 25.4 Å². The molecule has 0 saturated carbocycles. The van der Waals surface area contributed by atoms with Crippen molar-refractivity contribution >= 4 is 40.7 Å². The number of halogens is 4. The second-order valence-electron chi connectivity index (χ2n) is 12.5. The lowest BCUT2D eigenvalue weighted by Crippen LogP contribution is -2.45. The standard InChI is InChI=1S/C35H38Cl2F2N4O4/c1-6-47-15-14-41-32(44)20-10-13-26(27(16-20)46-5)42-33(45)31-29(22-8-7-9-24(37)30(22)39)35(19-40,28(43-31)18-34(2,3)4)23-12-11-21(36)17-25(23)38/h7-13,16-17,28-29,31,43H,6,14-15,18H2,1-5H3,(H,41,44)(H,42,45)/t28-,29-,31+,35-/m0/s1. The first-order valence-corrected chi connectivity index (χ1v) is 15.9. The predicted octanol–water partition coefficient (Wildman–Crippen LogP) is 7.01. The SMILES string of the molecule is CCOCCNC(=O)c1ccc(NC(=O)[C@@H]2N[C@@H](CC(C)(C)C)[C@](C#N)(c3ccc(Cl)cc3F)[C@H]2c2cccc(Cl)c2F)c(OC)c1. The van der Waals surface area contributed by atoms with Crippen molar-refractivity contribution in [3.63, 3.8) is 0 Å². The Bertz CT molecular complexity index is 1680. The number of amides is 2. The highest BCUT2D eigenvalue weighted by Crippen LogP contribution is 2.53.